The minimum Gasteiger partial charge on any atom is -0.494 e. The normalized spacial score (nSPS) is 10.3. The lowest BCUT2D eigenvalue weighted by atomic mass is 10.2. The van der Waals surface area contributed by atoms with Gasteiger partial charge in [-0.15, -0.1) is 0 Å². The van der Waals surface area contributed by atoms with E-state index in [1.165, 1.54) is 0 Å². The van der Waals surface area contributed by atoms with Gasteiger partial charge in [-0.3, -0.25) is 4.79 Å². The standard InChI is InChI=1S/C21H20ClN3O2/c1-3-27-17-10-7-15(8-11-17)25-21(26)20-12-9-16(13-23-20)24-19-6-4-5-18(22)14(19)2/h4-13,24H,3H2,1-2H3,(H,25,26). The Morgan fingerprint density at radius 1 is 1.07 bits per heavy atom. The predicted octanol–water partition coefficient (Wildman–Crippen LogP) is 5.44. The number of hydrogen-bond acceptors (Lipinski definition) is 4. The van der Waals surface area contributed by atoms with Crippen LogP contribution in [0.5, 0.6) is 5.75 Å². The first-order valence-electron chi connectivity index (χ1n) is 8.59. The summed E-state index contributed by atoms with van der Waals surface area (Å²) >= 11 is 6.13. The maximum Gasteiger partial charge on any atom is 0.274 e. The molecule has 138 valence electrons. The summed E-state index contributed by atoms with van der Waals surface area (Å²) < 4.78 is 5.39. The van der Waals surface area contributed by atoms with E-state index in [2.05, 4.69) is 15.6 Å². The van der Waals surface area contributed by atoms with E-state index in [1.54, 1.807) is 30.5 Å². The summed E-state index contributed by atoms with van der Waals surface area (Å²) in [6.07, 6.45) is 1.62. The number of aromatic nitrogens is 1. The second-order valence-corrected chi connectivity index (χ2v) is 6.29. The third kappa shape index (κ3) is 4.77. The molecule has 3 rings (SSSR count). The first-order valence-corrected chi connectivity index (χ1v) is 8.97. The van der Waals surface area contributed by atoms with E-state index in [1.807, 2.05) is 44.2 Å². The molecule has 0 aliphatic rings. The molecule has 0 aliphatic carbocycles. The molecule has 0 spiro atoms. The van der Waals surface area contributed by atoms with Gasteiger partial charge < -0.3 is 15.4 Å². The van der Waals surface area contributed by atoms with Gasteiger partial charge in [0.2, 0.25) is 0 Å². The molecule has 0 aliphatic heterocycles. The fourth-order valence-electron chi connectivity index (χ4n) is 2.50. The Kier molecular flexibility index (Phi) is 5.94. The predicted molar refractivity (Wildman–Crippen MR) is 109 cm³/mol. The molecular weight excluding hydrogens is 362 g/mol. The second-order valence-electron chi connectivity index (χ2n) is 5.88. The van der Waals surface area contributed by atoms with Crippen LogP contribution >= 0.6 is 11.6 Å². The Hall–Kier alpha value is -3.05. The number of halogens is 1. The van der Waals surface area contributed by atoms with E-state index >= 15 is 0 Å². The van der Waals surface area contributed by atoms with Crippen LogP contribution in [0.3, 0.4) is 0 Å². The first kappa shape index (κ1) is 18.7. The zero-order valence-corrected chi connectivity index (χ0v) is 15.9. The van der Waals surface area contributed by atoms with Crippen molar-refractivity contribution in [1.29, 1.82) is 0 Å². The smallest absolute Gasteiger partial charge is 0.274 e. The highest BCUT2D eigenvalue weighted by Gasteiger charge is 2.09. The lowest BCUT2D eigenvalue weighted by Gasteiger charge is -2.11. The minimum absolute atomic E-state index is 0.273. The van der Waals surface area contributed by atoms with Gasteiger partial charge in [0.1, 0.15) is 11.4 Å². The molecule has 1 amide bonds. The molecule has 1 heterocycles. The third-order valence-electron chi connectivity index (χ3n) is 3.97. The van der Waals surface area contributed by atoms with Crippen LogP contribution in [-0.2, 0) is 0 Å². The van der Waals surface area contributed by atoms with Crippen molar-refractivity contribution in [2.45, 2.75) is 13.8 Å². The molecule has 3 aromatic rings. The number of carbonyl (C=O) groups is 1. The highest BCUT2D eigenvalue weighted by atomic mass is 35.5. The van der Waals surface area contributed by atoms with Gasteiger partial charge in [-0.05, 0) is 67.9 Å². The van der Waals surface area contributed by atoms with Crippen LogP contribution in [0.1, 0.15) is 23.0 Å². The summed E-state index contributed by atoms with van der Waals surface area (Å²) in [6.45, 7) is 4.47. The van der Waals surface area contributed by atoms with Crippen LogP contribution < -0.4 is 15.4 Å². The van der Waals surface area contributed by atoms with Gasteiger partial charge in [0.25, 0.3) is 5.91 Å². The maximum atomic E-state index is 12.4. The first-order chi connectivity index (χ1) is 13.1. The molecule has 2 N–H and O–H groups in total. The summed E-state index contributed by atoms with van der Waals surface area (Å²) in [7, 11) is 0. The van der Waals surface area contributed by atoms with Gasteiger partial charge in [0.05, 0.1) is 18.5 Å². The number of hydrogen-bond donors (Lipinski definition) is 2. The van der Waals surface area contributed by atoms with Crippen molar-refractivity contribution < 1.29 is 9.53 Å². The number of nitrogens with one attached hydrogen (secondary N) is 2. The van der Waals surface area contributed by atoms with Crippen molar-refractivity contribution in [2.24, 2.45) is 0 Å². The molecule has 0 radical (unpaired) electrons. The van der Waals surface area contributed by atoms with Gasteiger partial charge in [-0.25, -0.2) is 4.98 Å². The van der Waals surface area contributed by atoms with Gasteiger partial charge >= 0.3 is 0 Å². The third-order valence-corrected chi connectivity index (χ3v) is 4.38. The van der Waals surface area contributed by atoms with Gasteiger partial charge in [-0.1, -0.05) is 17.7 Å². The Morgan fingerprint density at radius 3 is 2.48 bits per heavy atom. The number of amides is 1. The van der Waals surface area contributed by atoms with Crippen molar-refractivity contribution >= 4 is 34.6 Å². The summed E-state index contributed by atoms with van der Waals surface area (Å²) in [5, 5.41) is 6.77. The monoisotopic (exact) mass is 381 g/mol. The molecule has 0 saturated heterocycles. The zero-order valence-electron chi connectivity index (χ0n) is 15.1. The van der Waals surface area contributed by atoms with Crippen LogP contribution in [0, 0.1) is 6.92 Å². The number of anilines is 3. The van der Waals surface area contributed by atoms with Crippen LogP contribution in [0.25, 0.3) is 0 Å². The number of benzene rings is 2. The molecule has 5 nitrogen and oxygen atoms in total. The molecule has 0 fully saturated rings. The van der Waals surface area contributed by atoms with Crippen molar-refractivity contribution in [3.8, 4) is 5.75 Å². The molecule has 0 bridgehead atoms. The highest BCUT2D eigenvalue weighted by molar-refractivity contribution is 6.31. The van der Waals surface area contributed by atoms with Crippen LogP contribution in [0.15, 0.2) is 60.8 Å². The van der Waals surface area contributed by atoms with Crippen molar-refractivity contribution in [1.82, 2.24) is 4.98 Å². The number of nitrogens with zero attached hydrogens (tertiary/aromatic N) is 1. The Balaban J connectivity index is 1.65. The van der Waals surface area contributed by atoms with E-state index in [-0.39, 0.29) is 5.91 Å². The topological polar surface area (TPSA) is 63.2 Å². The summed E-state index contributed by atoms with van der Waals surface area (Å²) in [5.41, 5.74) is 3.64. The summed E-state index contributed by atoms with van der Waals surface area (Å²) in [5.74, 6) is 0.491. The molecule has 6 heteroatoms. The molecule has 0 saturated carbocycles. The minimum atomic E-state index is -0.273. The van der Waals surface area contributed by atoms with E-state index < -0.39 is 0 Å². The van der Waals surface area contributed by atoms with E-state index in [0.29, 0.717) is 23.0 Å². The van der Waals surface area contributed by atoms with Crippen molar-refractivity contribution in [2.75, 3.05) is 17.2 Å². The van der Waals surface area contributed by atoms with Crippen LogP contribution in [0.4, 0.5) is 17.1 Å². The molecular formula is C21H20ClN3O2. The fourth-order valence-corrected chi connectivity index (χ4v) is 2.67. The van der Waals surface area contributed by atoms with Crippen LogP contribution in [-0.4, -0.2) is 17.5 Å². The number of carbonyl (C=O) groups excluding carboxylic acids is 1. The fraction of sp³-hybridized carbons (Fsp3) is 0.143. The van der Waals surface area contributed by atoms with Gasteiger partial charge in [0.15, 0.2) is 0 Å². The Labute approximate surface area is 163 Å². The zero-order chi connectivity index (χ0) is 19.2. The lowest BCUT2D eigenvalue weighted by molar-refractivity contribution is 0.102. The Morgan fingerprint density at radius 2 is 1.81 bits per heavy atom. The van der Waals surface area contributed by atoms with Crippen LogP contribution in [0.2, 0.25) is 5.02 Å². The van der Waals surface area contributed by atoms with Crippen molar-refractivity contribution in [3.63, 3.8) is 0 Å². The summed E-state index contributed by atoms with van der Waals surface area (Å²) in [4.78, 5) is 16.6. The molecule has 2 aromatic carbocycles. The maximum absolute atomic E-state index is 12.4. The van der Waals surface area contributed by atoms with Crippen molar-refractivity contribution in [3.05, 3.63) is 77.1 Å². The average molecular weight is 382 g/mol. The van der Waals surface area contributed by atoms with Gasteiger partial charge in [-0.2, -0.15) is 0 Å². The number of pyridine rings is 1. The highest BCUT2D eigenvalue weighted by Crippen LogP contribution is 2.26. The number of ether oxygens (including phenoxy) is 1. The van der Waals surface area contributed by atoms with Gasteiger partial charge in [0, 0.05) is 16.4 Å². The molecule has 0 unspecified atom stereocenters. The quantitative estimate of drug-likeness (QED) is 0.597. The lowest BCUT2D eigenvalue weighted by Crippen LogP contribution is -2.13. The molecule has 1 aromatic heterocycles. The SMILES string of the molecule is CCOc1ccc(NC(=O)c2ccc(Nc3cccc(Cl)c3C)cn2)cc1. The second kappa shape index (κ2) is 8.56. The molecule has 27 heavy (non-hydrogen) atoms. The van der Waals surface area contributed by atoms with E-state index in [0.717, 1.165) is 22.7 Å². The number of rotatable bonds is 6. The Bertz CT molecular complexity index is 925. The van der Waals surface area contributed by atoms with E-state index in [4.69, 9.17) is 16.3 Å². The largest absolute Gasteiger partial charge is 0.494 e. The molecule has 0 atom stereocenters. The average Bonchev–Trinajstić information content (AvgIpc) is 2.68. The summed E-state index contributed by atoms with van der Waals surface area (Å²) in [6, 6.07) is 16.3. The van der Waals surface area contributed by atoms with E-state index in [9.17, 15) is 4.79 Å².